The van der Waals surface area contributed by atoms with Gasteiger partial charge < -0.3 is 5.11 Å². The number of aldehydes is 1. The first-order valence-electron chi connectivity index (χ1n) is 6.74. The third-order valence-corrected chi connectivity index (χ3v) is 2.84. The summed E-state index contributed by atoms with van der Waals surface area (Å²) in [6.07, 6.45) is 2.01. The number of para-hydroxylation sites is 1. The van der Waals surface area contributed by atoms with Crippen molar-refractivity contribution in [3.05, 3.63) is 42.0 Å². The Morgan fingerprint density at radius 3 is 2.29 bits per heavy atom. The van der Waals surface area contributed by atoms with E-state index < -0.39 is 11.5 Å². The summed E-state index contributed by atoms with van der Waals surface area (Å²) in [6, 6.07) is 9.01. The van der Waals surface area contributed by atoms with Crippen LogP contribution in [0.2, 0.25) is 0 Å². The van der Waals surface area contributed by atoms with Crippen LogP contribution in [0.5, 0.6) is 0 Å². The topological polar surface area (TPSA) is 60.9 Å². The minimum Gasteiger partial charge on any atom is -0.389 e. The maximum absolute atomic E-state index is 12.5. The number of hydrogen-bond acceptors (Lipinski definition) is 4. The molecule has 0 saturated carbocycles. The first-order chi connectivity index (χ1) is 9.80. The molecule has 1 rings (SSSR count). The van der Waals surface area contributed by atoms with Crippen molar-refractivity contribution in [2.24, 2.45) is 0 Å². The fourth-order valence-electron chi connectivity index (χ4n) is 2.03. The molecule has 21 heavy (non-hydrogen) atoms. The number of carbonyl (C=O) groups excluding carboxylic acids is 2. The molecule has 0 aromatic heterocycles. The van der Waals surface area contributed by atoms with Gasteiger partial charge in [-0.05, 0) is 32.9 Å². The molecule has 0 heterocycles. The van der Waals surface area contributed by atoms with E-state index in [-0.39, 0.29) is 12.1 Å². The van der Waals surface area contributed by atoms with Crippen LogP contribution in [0.3, 0.4) is 0 Å². The van der Waals surface area contributed by atoms with Crippen molar-refractivity contribution in [2.75, 3.05) is 18.6 Å². The third-order valence-electron chi connectivity index (χ3n) is 2.84. The Bertz CT molecular complexity index is 518. The predicted molar refractivity (Wildman–Crippen MR) is 82.7 cm³/mol. The molecule has 0 atom stereocenters. The fourth-order valence-corrected chi connectivity index (χ4v) is 2.03. The van der Waals surface area contributed by atoms with E-state index in [1.165, 1.54) is 11.1 Å². The van der Waals surface area contributed by atoms with E-state index in [2.05, 4.69) is 0 Å². The lowest BCUT2D eigenvalue weighted by Crippen LogP contribution is -2.50. The van der Waals surface area contributed by atoms with E-state index in [0.29, 0.717) is 12.0 Å². The molecule has 0 unspecified atom stereocenters. The Balaban J connectivity index is 3.18. The lowest BCUT2D eigenvalue weighted by molar-refractivity contribution is -0.120. The molecule has 0 bridgehead atoms. The van der Waals surface area contributed by atoms with Crippen LogP contribution in [0.15, 0.2) is 42.0 Å². The normalized spacial score (nSPS) is 12.4. The molecule has 0 aliphatic rings. The molecule has 114 valence electrons. The summed E-state index contributed by atoms with van der Waals surface area (Å²) in [5, 5.41) is 12.9. The maximum atomic E-state index is 12.5. The summed E-state index contributed by atoms with van der Waals surface area (Å²) < 4.78 is 0. The zero-order valence-corrected chi connectivity index (χ0v) is 12.9. The van der Waals surface area contributed by atoms with Gasteiger partial charge in [-0.2, -0.15) is 0 Å². The van der Waals surface area contributed by atoms with Gasteiger partial charge in [-0.25, -0.2) is 10.0 Å². The zero-order valence-electron chi connectivity index (χ0n) is 12.9. The molecule has 0 saturated heterocycles. The average Bonchev–Trinajstić information content (AvgIpc) is 2.39. The van der Waals surface area contributed by atoms with Crippen LogP contribution < -0.4 is 5.01 Å². The number of likely N-dealkylation sites (N-methyl/N-ethyl adjacent to an activating group) is 1. The van der Waals surface area contributed by atoms with Crippen molar-refractivity contribution in [3.8, 4) is 0 Å². The number of anilines is 1. The molecular weight excluding hydrogens is 268 g/mol. The average molecular weight is 290 g/mol. The Hall–Kier alpha value is -1.98. The highest BCUT2D eigenvalue weighted by molar-refractivity contribution is 6.17. The van der Waals surface area contributed by atoms with Gasteiger partial charge in [0.1, 0.15) is 0 Å². The van der Waals surface area contributed by atoms with Crippen molar-refractivity contribution in [3.63, 3.8) is 0 Å². The Morgan fingerprint density at radius 2 is 1.86 bits per heavy atom. The fraction of sp³-hybridized carbons (Fsp3) is 0.375. The summed E-state index contributed by atoms with van der Waals surface area (Å²) in [5.41, 5.74) is -0.267. The third kappa shape index (κ3) is 4.81. The SMILES string of the molecule is C/C=C(\C=O)C(=O)N(c1ccccc1)N(C)CC(C)(C)O. The summed E-state index contributed by atoms with van der Waals surface area (Å²) in [5.74, 6) is -0.426. The molecular formula is C16H22N2O3. The number of allylic oxidation sites excluding steroid dienone is 1. The Labute approximate surface area is 125 Å². The molecule has 0 aliphatic heterocycles. The number of aliphatic hydroxyl groups is 1. The minimum atomic E-state index is -0.973. The quantitative estimate of drug-likeness (QED) is 0.285. The van der Waals surface area contributed by atoms with Gasteiger partial charge in [-0.3, -0.25) is 9.59 Å². The highest BCUT2D eigenvalue weighted by atomic mass is 16.3. The molecule has 5 heteroatoms. The second kappa shape index (κ2) is 7.15. The highest BCUT2D eigenvalue weighted by Crippen LogP contribution is 2.19. The van der Waals surface area contributed by atoms with Crippen LogP contribution in [-0.4, -0.2) is 41.5 Å². The number of hydrogen-bond donors (Lipinski definition) is 1. The Morgan fingerprint density at radius 1 is 1.29 bits per heavy atom. The van der Waals surface area contributed by atoms with Crippen molar-refractivity contribution in [1.82, 2.24) is 5.01 Å². The lowest BCUT2D eigenvalue weighted by atomic mass is 10.1. The first kappa shape index (κ1) is 17.1. The van der Waals surface area contributed by atoms with Crippen LogP contribution in [0, 0.1) is 0 Å². The molecule has 5 nitrogen and oxygen atoms in total. The summed E-state index contributed by atoms with van der Waals surface area (Å²) in [7, 11) is 1.70. The molecule has 1 N–H and O–H groups in total. The number of rotatable bonds is 6. The summed E-state index contributed by atoms with van der Waals surface area (Å²) in [6.45, 7) is 5.20. The lowest BCUT2D eigenvalue weighted by Gasteiger charge is -2.35. The van der Waals surface area contributed by atoms with Gasteiger partial charge in [0.25, 0.3) is 5.91 Å². The van der Waals surface area contributed by atoms with Gasteiger partial charge in [-0.1, -0.05) is 24.3 Å². The molecule has 1 amide bonds. The van der Waals surface area contributed by atoms with Crippen LogP contribution >= 0.6 is 0 Å². The number of amides is 1. The van der Waals surface area contributed by atoms with Gasteiger partial charge >= 0.3 is 0 Å². The number of nitrogens with zero attached hydrogens (tertiary/aromatic N) is 2. The standard InChI is InChI=1S/C16H22N2O3/c1-5-13(11-19)15(20)18(14-9-7-6-8-10-14)17(4)12-16(2,3)21/h5-11,21H,12H2,1-4H3/b13-5+. The van der Waals surface area contributed by atoms with Crippen molar-refractivity contribution in [2.45, 2.75) is 26.4 Å². The van der Waals surface area contributed by atoms with Crippen LogP contribution in [0.25, 0.3) is 0 Å². The molecule has 1 aromatic rings. The number of hydrazine groups is 1. The van der Waals surface area contributed by atoms with E-state index in [0.717, 1.165) is 0 Å². The van der Waals surface area contributed by atoms with Crippen LogP contribution in [-0.2, 0) is 9.59 Å². The van der Waals surface area contributed by atoms with Crippen LogP contribution in [0.4, 0.5) is 5.69 Å². The van der Waals surface area contributed by atoms with Crippen molar-refractivity contribution < 1.29 is 14.7 Å². The van der Waals surface area contributed by atoms with Gasteiger partial charge in [0.15, 0.2) is 6.29 Å². The minimum absolute atomic E-state index is 0.0708. The first-order valence-corrected chi connectivity index (χ1v) is 6.74. The number of benzene rings is 1. The monoisotopic (exact) mass is 290 g/mol. The summed E-state index contributed by atoms with van der Waals surface area (Å²) in [4.78, 5) is 23.6. The summed E-state index contributed by atoms with van der Waals surface area (Å²) >= 11 is 0. The smallest absolute Gasteiger partial charge is 0.275 e. The van der Waals surface area contributed by atoms with Gasteiger partial charge in [-0.15, -0.1) is 0 Å². The van der Waals surface area contributed by atoms with E-state index in [9.17, 15) is 14.7 Å². The predicted octanol–water partition coefficient (Wildman–Crippen LogP) is 1.78. The van der Waals surface area contributed by atoms with E-state index >= 15 is 0 Å². The Kier molecular flexibility index (Phi) is 5.81. The molecule has 0 aliphatic carbocycles. The maximum Gasteiger partial charge on any atom is 0.275 e. The van der Waals surface area contributed by atoms with Gasteiger partial charge in [0, 0.05) is 13.6 Å². The molecule has 0 fully saturated rings. The highest BCUT2D eigenvalue weighted by Gasteiger charge is 2.27. The molecule has 0 radical (unpaired) electrons. The van der Waals surface area contributed by atoms with Crippen molar-refractivity contribution in [1.29, 1.82) is 0 Å². The van der Waals surface area contributed by atoms with E-state index in [1.807, 2.05) is 18.2 Å². The second-order valence-corrected chi connectivity index (χ2v) is 5.44. The number of carbonyl (C=O) groups is 2. The second-order valence-electron chi connectivity index (χ2n) is 5.44. The van der Waals surface area contributed by atoms with Gasteiger partial charge in [0.05, 0.1) is 16.9 Å². The van der Waals surface area contributed by atoms with E-state index in [4.69, 9.17) is 0 Å². The van der Waals surface area contributed by atoms with E-state index in [1.54, 1.807) is 45.0 Å². The zero-order chi connectivity index (χ0) is 16.0. The largest absolute Gasteiger partial charge is 0.389 e. The molecule has 0 spiro atoms. The van der Waals surface area contributed by atoms with Gasteiger partial charge in [0.2, 0.25) is 0 Å². The molecule has 1 aromatic carbocycles. The van der Waals surface area contributed by atoms with Crippen molar-refractivity contribution >= 4 is 17.9 Å². The van der Waals surface area contributed by atoms with Crippen LogP contribution in [0.1, 0.15) is 20.8 Å².